The maximum atomic E-state index is 2.61. The highest BCUT2D eigenvalue weighted by molar-refractivity contribution is 7.17. The molecule has 108 valence electrons. The Bertz CT molecular complexity index is 579. The van der Waals surface area contributed by atoms with Crippen molar-refractivity contribution in [2.24, 2.45) is 0 Å². The summed E-state index contributed by atoms with van der Waals surface area (Å²) in [5, 5.41) is 3.66. The Hall–Kier alpha value is -1.10. The van der Waals surface area contributed by atoms with Gasteiger partial charge in [0.1, 0.15) is 0 Å². The molecule has 20 heavy (non-hydrogen) atoms. The van der Waals surface area contributed by atoms with Crippen LogP contribution in [0, 0.1) is 0 Å². The van der Waals surface area contributed by atoms with Crippen LogP contribution in [0.2, 0.25) is 0 Å². The Morgan fingerprint density at radius 1 is 0.950 bits per heavy atom. The Kier molecular flexibility index (Phi) is 3.71. The van der Waals surface area contributed by atoms with Crippen molar-refractivity contribution >= 4 is 27.1 Å². The zero-order valence-corrected chi connectivity index (χ0v) is 12.6. The van der Waals surface area contributed by atoms with Crippen LogP contribution in [0.25, 0.3) is 10.1 Å². The number of benzene rings is 1. The fourth-order valence-corrected chi connectivity index (χ4v) is 4.64. The number of piperazine rings is 1. The Labute approximate surface area is 124 Å². The molecule has 0 atom stereocenters. The highest BCUT2D eigenvalue weighted by Crippen LogP contribution is 2.32. The molecule has 2 aliphatic rings. The van der Waals surface area contributed by atoms with Crippen LogP contribution in [-0.2, 0) is 0 Å². The standard InChI is InChI=1S/C16H21N2S.H2O/c1-2-10-18(9-1)11-7-17(8-12-18)15-4-3-5-16-14(15)6-13-19-16;/h3-6,13H,1-2,7-12H2;1H2/q+1;/p-1. The molecule has 1 N–H and O–H groups in total. The lowest BCUT2D eigenvalue weighted by atomic mass is 10.1. The lowest BCUT2D eigenvalue weighted by molar-refractivity contribution is -0.917. The van der Waals surface area contributed by atoms with Crippen LogP contribution in [0.5, 0.6) is 0 Å². The number of quaternary nitrogens is 1. The van der Waals surface area contributed by atoms with Gasteiger partial charge < -0.3 is 14.9 Å². The molecule has 1 aromatic heterocycles. The van der Waals surface area contributed by atoms with Crippen LogP contribution in [0.1, 0.15) is 12.8 Å². The molecule has 0 radical (unpaired) electrons. The van der Waals surface area contributed by atoms with E-state index in [0.717, 1.165) is 0 Å². The number of fused-ring (bicyclic) bond motifs is 1. The van der Waals surface area contributed by atoms with Crippen LogP contribution in [-0.4, -0.2) is 49.2 Å². The van der Waals surface area contributed by atoms with E-state index in [4.69, 9.17) is 0 Å². The first-order valence-corrected chi connectivity index (χ1v) is 8.31. The van der Waals surface area contributed by atoms with Crippen molar-refractivity contribution in [3.05, 3.63) is 29.6 Å². The number of hydrogen-bond donors (Lipinski definition) is 0. The summed E-state index contributed by atoms with van der Waals surface area (Å²) in [6.07, 6.45) is 2.89. The molecule has 2 saturated heterocycles. The molecule has 4 heteroatoms. The average molecular weight is 290 g/mol. The van der Waals surface area contributed by atoms with Gasteiger partial charge in [-0.15, -0.1) is 11.3 Å². The van der Waals surface area contributed by atoms with Gasteiger partial charge in [-0.05, 0) is 23.6 Å². The van der Waals surface area contributed by atoms with E-state index in [1.807, 2.05) is 11.3 Å². The molecule has 1 spiro atoms. The SMILES string of the molecule is [OH-].c1cc(N2CC[N+]3(CCCC3)CC2)c2ccsc2c1. The third-order valence-corrected chi connectivity index (χ3v) is 5.90. The number of rotatable bonds is 1. The summed E-state index contributed by atoms with van der Waals surface area (Å²) in [5.41, 5.74) is 1.45. The summed E-state index contributed by atoms with van der Waals surface area (Å²) in [6, 6.07) is 9.03. The minimum Gasteiger partial charge on any atom is -0.870 e. The van der Waals surface area contributed by atoms with Crippen LogP contribution in [0.15, 0.2) is 29.6 Å². The van der Waals surface area contributed by atoms with E-state index in [9.17, 15) is 0 Å². The monoisotopic (exact) mass is 290 g/mol. The predicted molar refractivity (Wildman–Crippen MR) is 84.9 cm³/mol. The summed E-state index contributed by atoms with van der Waals surface area (Å²) in [4.78, 5) is 2.61. The lowest BCUT2D eigenvalue weighted by Crippen LogP contribution is -2.58. The average Bonchev–Trinajstić information content (AvgIpc) is 3.09. The second kappa shape index (κ2) is 5.35. The van der Waals surface area contributed by atoms with Gasteiger partial charge in [0.2, 0.25) is 0 Å². The van der Waals surface area contributed by atoms with Crippen molar-refractivity contribution in [3.8, 4) is 0 Å². The zero-order valence-electron chi connectivity index (χ0n) is 11.8. The molecule has 2 aliphatic heterocycles. The Morgan fingerprint density at radius 3 is 2.45 bits per heavy atom. The highest BCUT2D eigenvalue weighted by atomic mass is 32.1. The van der Waals surface area contributed by atoms with E-state index < -0.39 is 0 Å². The fourth-order valence-electron chi connectivity index (χ4n) is 3.84. The first kappa shape index (κ1) is 13.9. The zero-order chi connectivity index (χ0) is 12.7. The van der Waals surface area contributed by atoms with Gasteiger partial charge in [-0.25, -0.2) is 0 Å². The Balaban J connectivity index is 0.00000121. The molecule has 0 bridgehead atoms. The van der Waals surface area contributed by atoms with E-state index >= 15 is 0 Å². The number of hydrogen-bond acceptors (Lipinski definition) is 3. The normalized spacial score (nSPS) is 21.3. The molecule has 2 fully saturated rings. The molecule has 3 heterocycles. The third-order valence-electron chi connectivity index (χ3n) is 5.02. The number of nitrogens with zero attached hydrogens (tertiary/aromatic N) is 2. The van der Waals surface area contributed by atoms with Gasteiger partial charge in [0.15, 0.2) is 0 Å². The lowest BCUT2D eigenvalue weighted by Gasteiger charge is -2.43. The molecule has 0 unspecified atom stereocenters. The van der Waals surface area contributed by atoms with Gasteiger partial charge in [0.05, 0.1) is 39.3 Å². The molecule has 3 nitrogen and oxygen atoms in total. The second-order valence-electron chi connectivity index (χ2n) is 6.04. The van der Waals surface area contributed by atoms with Crippen LogP contribution < -0.4 is 4.90 Å². The van der Waals surface area contributed by atoms with E-state index in [1.54, 1.807) is 0 Å². The summed E-state index contributed by atoms with van der Waals surface area (Å²) >= 11 is 1.85. The second-order valence-corrected chi connectivity index (χ2v) is 6.99. The van der Waals surface area contributed by atoms with E-state index in [-0.39, 0.29) is 5.48 Å². The smallest absolute Gasteiger partial charge is 0.0965 e. The van der Waals surface area contributed by atoms with Crippen molar-refractivity contribution in [1.82, 2.24) is 0 Å². The summed E-state index contributed by atoms with van der Waals surface area (Å²) in [6.45, 7) is 8.01. The summed E-state index contributed by atoms with van der Waals surface area (Å²) < 4.78 is 2.82. The largest absolute Gasteiger partial charge is 0.870 e. The molecule has 0 aliphatic carbocycles. The van der Waals surface area contributed by atoms with Crippen molar-refractivity contribution in [3.63, 3.8) is 0 Å². The summed E-state index contributed by atoms with van der Waals surface area (Å²) in [5.74, 6) is 0. The van der Waals surface area contributed by atoms with Gasteiger partial charge in [-0.3, -0.25) is 0 Å². The Morgan fingerprint density at radius 2 is 1.70 bits per heavy atom. The molecule has 2 aromatic rings. The van der Waals surface area contributed by atoms with Crippen LogP contribution in [0.4, 0.5) is 5.69 Å². The van der Waals surface area contributed by atoms with Crippen LogP contribution in [0.3, 0.4) is 0 Å². The molecule has 0 amide bonds. The van der Waals surface area contributed by atoms with Gasteiger partial charge >= 0.3 is 0 Å². The van der Waals surface area contributed by atoms with Gasteiger partial charge in [0.25, 0.3) is 0 Å². The minimum absolute atomic E-state index is 0. The first-order chi connectivity index (χ1) is 9.36. The minimum atomic E-state index is 0. The van der Waals surface area contributed by atoms with Crippen molar-refractivity contribution < 1.29 is 9.96 Å². The first-order valence-electron chi connectivity index (χ1n) is 7.43. The van der Waals surface area contributed by atoms with E-state index in [2.05, 4.69) is 34.5 Å². The van der Waals surface area contributed by atoms with Crippen molar-refractivity contribution in [2.45, 2.75) is 12.8 Å². The van der Waals surface area contributed by atoms with Crippen LogP contribution >= 0.6 is 11.3 Å². The quantitative estimate of drug-likeness (QED) is 0.756. The fraction of sp³-hybridized carbons (Fsp3) is 0.500. The molecular weight excluding hydrogens is 268 g/mol. The molecule has 1 aromatic carbocycles. The highest BCUT2D eigenvalue weighted by Gasteiger charge is 2.35. The van der Waals surface area contributed by atoms with Gasteiger partial charge in [-0.2, -0.15) is 0 Å². The maximum absolute atomic E-state index is 2.61. The van der Waals surface area contributed by atoms with Gasteiger partial charge in [0, 0.05) is 28.6 Å². The van der Waals surface area contributed by atoms with E-state index in [0.29, 0.717) is 0 Å². The molecule has 0 saturated carbocycles. The predicted octanol–water partition coefficient (Wildman–Crippen LogP) is 3.16. The topological polar surface area (TPSA) is 33.2 Å². The number of anilines is 1. The third kappa shape index (κ3) is 2.22. The maximum Gasteiger partial charge on any atom is 0.0965 e. The number of thiophene rings is 1. The van der Waals surface area contributed by atoms with Crippen molar-refractivity contribution in [1.29, 1.82) is 0 Å². The molecule has 4 rings (SSSR count). The summed E-state index contributed by atoms with van der Waals surface area (Å²) in [7, 11) is 0. The van der Waals surface area contributed by atoms with Crippen molar-refractivity contribution in [2.75, 3.05) is 44.2 Å². The van der Waals surface area contributed by atoms with E-state index in [1.165, 1.54) is 72.4 Å². The molecular formula is C16H22N2OS. The van der Waals surface area contributed by atoms with Gasteiger partial charge in [-0.1, -0.05) is 6.07 Å².